The molecule has 0 amide bonds. The number of hydrogen-bond donors (Lipinski definition) is 2. The standard InChI is InChI=1S/C12H20O2/c13-5-9-4-10(6-14)12-8-2-1-7(3-8)11(9)12/h7-14H,1-6H2/t7-,8?,9?,10?,11+,12?/m0/s1. The number of aliphatic hydroxyl groups excluding tert-OH is 2. The summed E-state index contributed by atoms with van der Waals surface area (Å²) in [4.78, 5) is 0. The zero-order valence-electron chi connectivity index (χ0n) is 8.60. The van der Waals surface area contributed by atoms with E-state index in [-0.39, 0.29) is 0 Å². The van der Waals surface area contributed by atoms with Crippen molar-refractivity contribution >= 4 is 0 Å². The minimum Gasteiger partial charge on any atom is -0.396 e. The van der Waals surface area contributed by atoms with Crippen LogP contribution in [0.1, 0.15) is 25.7 Å². The summed E-state index contributed by atoms with van der Waals surface area (Å²) in [5, 5.41) is 18.7. The normalized spacial score (nSPS) is 55.3. The summed E-state index contributed by atoms with van der Waals surface area (Å²) in [6.07, 6.45) is 5.25. The third-order valence-corrected chi connectivity index (χ3v) is 5.21. The maximum Gasteiger partial charge on any atom is 0.0462 e. The van der Waals surface area contributed by atoms with Gasteiger partial charge in [0.1, 0.15) is 0 Å². The third kappa shape index (κ3) is 1.04. The molecule has 0 aromatic carbocycles. The Balaban J connectivity index is 1.86. The van der Waals surface area contributed by atoms with Gasteiger partial charge in [0, 0.05) is 13.2 Å². The van der Waals surface area contributed by atoms with Gasteiger partial charge in [0.2, 0.25) is 0 Å². The van der Waals surface area contributed by atoms with Crippen molar-refractivity contribution in [2.24, 2.45) is 35.5 Å². The number of fused-ring (bicyclic) bond motifs is 5. The molecule has 0 aromatic rings. The molecule has 2 heteroatoms. The van der Waals surface area contributed by atoms with E-state index in [9.17, 15) is 10.2 Å². The third-order valence-electron chi connectivity index (χ3n) is 5.21. The molecular formula is C12H20O2. The summed E-state index contributed by atoms with van der Waals surface area (Å²) >= 11 is 0. The van der Waals surface area contributed by atoms with E-state index in [0.29, 0.717) is 25.0 Å². The van der Waals surface area contributed by atoms with Crippen LogP contribution in [0.4, 0.5) is 0 Å². The number of aliphatic hydroxyl groups is 2. The molecule has 3 aliphatic carbocycles. The predicted octanol–water partition coefficient (Wildman–Crippen LogP) is 1.27. The van der Waals surface area contributed by atoms with Gasteiger partial charge < -0.3 is 10.2 Å². The van der Waals surface area contributed by atoms with Crippen LogP contribution in [0.25, 0.3) is 0 Å². The van der Waals surface area contributed by atoms with Gasteiger partial charge in [-0.25, -0.2) is 0 Å². The van der Waals surface area contributed by atoms with Gasteiger partial charge in [0.25, 0.3) is 0 Å². The molecule has 2 N–H and O–H groups in total. The van der Waals surface area contributed by atoms with Gasteiger partial charge in [0.15, 0.2) is 0 Å². The molecule has 0 radical (unpaired) electrons. The Kier molecular flexibility index (Phi) is 2.10. The molecule has 0 heterocycles. The first kappa shape index (κ1) is 9.17. The molecule has 6 atom stereocenters. The molecule has 0 saturated heterocycles. The minimum atomic E-state index is 0.348. The van der Waals surface area contributed by atoms with Crippen molar-refractivity contribution in [1.82, 2.24) is 0 Å². The summed E-state index contributed by atoms with van der Waals surface area (Å²) in [6.45, 7) is 0.696. The zero-order valence-corrected chi connectivity index (χ0v) is 8.60. The fraction of sp³-hybridized carbons (Fsp3) is 1.00. The fourth-order valence-electron chi connectivity index (χ4n) is 4.87. The molecule has 0 spiro atoms. The van der Waals surface area contributed by atoms with E-state index in [1.54, 1.807) is 0 Å². The van der Waals surface area contributed by atoms with Gasteiger partial charge >= 0.3 is 0 Å². The van der Waals surface area contributed by atoms with Crippen molar-refractivity contribution in [1.29, 1.82) is 0 Å². The van der Waals surface area contributed by atoms with Gasteiger partial charge in [-0.05, 0) is 61.2 Å². The van der Waals surface area contributed by atoms with E-state index in [1.165, 1.54) is 19.3 Å². The Morgan fingerprint density at radius 1 is 0.786 bits per heavy atom. The second-order valence-electron chi connectivity index (χ2n) is 5.61. The largest absolute Gasteiger partial charge is 0.396 e. The summed E-state index contributed by atoms with van der Waals surface area (Å²) in [5.41, 5.74) is 0. The van der Waals surface area contributed by atoms with Crippen LogP contribution in [0.2, 0.25) is 0 Å². The molecule has 0 aliphatic heterocycles. The lowest BCUT2D eigenvalue weighted by Crippen LogP contribution is -2.26. The predicted molar refractivity (Wildman–Crippen MR) is 53.6 cm³/mol. The highest BCUT2D eigenvalue weighted by molar-refractivity contribution is 5.05. The fourth-order valence-corrected chi connectivity index (χ4v) is 4.87. The molecule has 4 unspecified atom stereocenters. The first-order valence-electron chi connectivity index (χ1n) is 6.07. The Labute approximate surface area is 85.3 Å². The first-order chi connectivity index (χ1) is 6.85. The number of hydrogen-bond acceptors (Lipinski definition) is 2. The molecule has 3 aliphatic rings. The molecule has 0 aromatic heterocycles. The monoisotopic (exact) mass is 196 g/mol. The Bertz CT molecular complexity index is 206. The molecule has 2 nitrogen and oxygen atoms in total. The minimum absolute atomic E-state index is 0.348. The Morgan fingerprint density at radius 2 is 1.29 bits per heavy atom. The van der Waals surface area contributed by atoms with Gasteiger partial charge in [-0.15, -0.1) is 0 Å². The Morgan fingerprint density at radius 3 is 1.71 bits per heavy atom. The smallest absolute Gasteiger partial charge is 0.0462 e. The van der Waals surface area contributed by atoms with Crippen molar-refractivity contribution in [2.45, 2.75) is 25.7 Å². The van der Waals surface area contributed by atoms with E-state index < -0.39 is 0 Å². The van der Waals surface area contributed by atoms with E-state index in [1.807, 2.05) is 0 Å². The van der Waals surface area contributed by atoms with Crippen LogP contribution in [-0.2, 0) is 0 Å². The van der Waals surface area contributed by atoms with Crippen LogP contribution in [0.15, 0.2) is 0 Å². The quantitative estimate of drug-likeness (QED) is 0.698. The maximum atomic E-state index is 9.37. The highest BCUT2D eigenvalue weighted by atomic mass is 16.3. The first-order valence-corrected chi connectivity index (χ1v) is 6.07. The van der Waals surface area contributed by atoms with E-state index in [0.717, 1.165) is 30.1 Å². The molecule has 3 saturated carbocycles. The van der Waals surface area contributed by atoms with Crippen molar-refractivity contribution < 1.29 is 10.2 Å². The van der Waals surface area contributed by atoms with E-state index in [2.05, 4.69) is 0 Å². The van der Waals surface area contributed by atoms with Gasteiger partial charge in [-0.1, -0.05) is 0 Å². The van der Waals surface area contributed by atoms with Crippen molar-refractivity contribution in [3.8, 4) is 0 Å². The lowest BCUT2D eigenvalue weighted by Gasteiger charge is -2.29. The van der Waals surface area contributed by atoms with Crippen LogP contribution >= 0.6 is 0 Å². The average Bonchev–Trinajstić information content (AvgIpc) is 2.88. The van der Waals surface area contributed by atoms with Crippen LogP contribution in [0.3, 0.4) is 0 Å². The summed E-state index contributed by atoms with van der Waals surface area (Å²) < 4.78 is 0. The van der Waals surface area contributed by atoms with Gasteiger partial charge in [0.05, 0.1) is 0 Å². The summed E-state index contributed by atoms with van der Waals surface area (Å²) in [5.74, 6) is 4.31. The molecule has 2 bridgehead atoms. The van der Waals surface area contributed by atoms with Crippen LogP contribution in [-0.4, -0.2) is 23.4 Å². The number of rotatable bonds is 2. The second-order valence-corrected chi connectivity index (χ2v) is 5.61. The average molecular weight is 196 g/mol. The summed E-state index contributed by atoms with van der Waals surface area (Å²) in [7, 11) is 0. The molecule has 3 fully saturated rings. The van der Waals surface area contributed by atoms with Crippen molar-refractivity contribution in [2.75, 3.05) is 13.2 Å². The topological polar surface area (TPSA) is 40.5 Å². The molecule has 14 heavy (non-hydrogen) atoms. The highest BCUT2D eigenvalue weighted by Crippen LogP contribution is 2.62. The molecular weight excluding hydrogens is 176 g/mol. The van der Waals surface area contributed by atoms with Crippen molar-refractivity contribution in [3.63, 3.8) is 0 Å². The van der Waals surface area contributed by atoms with Gasteiger partial charge in [-0.3, -0.25) is 0 Å². The molecule has 3 rings (SSSR count). The summed E-state index contributed by atoms with van der Waals surface area (Å²) in [6, 6.07) is 0. The second kappa shape index (κ2) is 3.21. The van der Waals surface area contributed by atoms with Gasteiger partial charge in [-0.2, -0.15) is 0 Å². The van der Waals surface area contributed by atoms with Crippen LogP contribution in [0.5, 0.6) is 0 Å². The SMILES string of the molecule is OCC1CC(CO)[C@@H]2C1C1CC[C@H]2C1. The maximum absolute atomic E-state index is 9.37. The van der Waals surface area contributed by atoms with Crippen molar-refractivity contribution in [3.05, 3.63) is 0 Å². The van der Waals surface area contributed by atoms with Crippen LogP contribution < -0.4 is 0 Å². The zero-order chi connectivity index (χ0) is 9.71. The van der Waals surface area contributed by atoms with Crippen LogP contribution in [0, 0.1) is 35.5 Å². The lowest BCUT2D eigenvalue weighted by atomic mass is 9.76. The van der Waals surface area contributed by atoms with E-state index >= 15 is 0 Å². The highest BCUT2D eigenvalue weighted by Gasteiger charge is 2.56. The lowest BCUT2D eigenvalue weighted by molar-refractivity contribution is 0.125. The van der Waals surface area contributed by atoms with E-state index in [4.69, 9.17) is 0 Å². The molecule has 80 valence electrons. The Hall–Kier alpha value is -0.0800.